The molecule has 120 valence electrons. The number of rotatable bonds is 2. The fourth-order valence-corrected chi connectivity index (χ4v) is 2.36. The average molecular weight is 306 g/mol. The molecule has 6 nitrogen and oxygen atoms in total. The van der Waals surface area contributed by atoms with Crippen LogP contribution in [0.1, 0.15) is 31.1 Å². The first-order valence-corrected chi connectivity index (χ1v) is 7.32. The number of para-hydroxylation sites is 1. The summed E-state index contributed by atoms with van der Waals surface area (Å²) in [6.45, 7) is 7.70. The lowest BCUT2D eigenvalue weighted by Crippen LogP contribution is -2.50. The van der Waals surface area contributed by atoms with Crippen molar-refractivity contribution in [3.63, 3.8) is 0 Å². The average Bonchev–Trinajstić information content (AvgIpc) is 2.46. The summed E-state index contributed by atoms with van der Waals surface area (Å²) in [5.41, 5.74) is 0.380. The van der Waals surface area contributed by atoms with Gasteiger partial charge in [0, 0.05) is 26.2 Å². The van der Waals surface area contributed by atoms with E-state index in [2.05, 4.69) is 0 Å². The minimum atomic E-state index is -0.509. The SMILES string of the molecule is CC(C)(C)OC(=O)N1CCN(c2cccc(C=O)c2O)CC1. The second-order valence-electron chi connectivity index (χ2n) is 6.29. The van der Waals surface area contributed by atoms with Gasteiger partial charge in [0.15, 0.2) is 6.29 Å². The molecule has 0 aliphatic carbocycles. The van der Waals surface area contributed by atoms with Crippen LogP contribution in [-0.4, -0.2) is 54.2 Å². The summed E-state index contributed by atoms with van der Waals surface area (Å²) in [5, 5.41) is 10.1. The Morgan fingerprint density at radius 2 is 1.86 bits per heavy atom. The van der Waals surface area contributed by atoms with Crippen molar-refractivity contribution in [2.75, 3.05) is 31.1 Å². The molecule has 1 heterocycles. The van der Waals surface area contributed by atoms with Gasteiger partial charge in [0.1, 0.15) is 11.4 Å². The molecule has 1 amide bonds. The topological polar surface area (TPSA) is 70.1 Å². The van der Waals surface area contributed by atoms with Gasteiger partial charge in [0.2, 0.25) is 0 Å². The lowest BCUT2D eigenvalue weighted by molar-refractivity contribution is 0.0240. The van der Waals surface area contributed by atoms with E-state index >= 15 is 0 Å². The fourth-order valence-electron chi connectivity index (χ4n) is 2.36. The molecule has 1 aliphatic rings. The van der Waals surface area contributed by atoms with E-state index in [0.29, 0.717) is 38.2 Å². The van der Waals surface area contributed by atoms with Crippen molar-refractivity contribution in [1.29, 1.82) is 0 Å². The van der Waals surface area contributed by atoms with Crippen molar-refractivity contribution in [2.24, 2.45) is 0 Å². The maximum absolute atomic E-state index is 12.0. The van der Waals surface area contributed by atoms with Gasteiger partial charge in [-0.3, -0.25) is 4.79 Å². The molecule has 1 saturated heterocycles. The number of phenolic OH excluding ortho intramolecular Hbond substituents is 1. The lowest BCUT2D eigenvalue weighted by atomic mass is 10.1. The molecule has 6 heteroatoms. The summed E-state index contributed by atoms with van der Waals surface area (Å²) in [7, 11) is 0. The van der Waals surface area contributed by atoms with Crippen LogP contribution in [0.3, 0.4) is 0 Å². The van der Waals surface area contributed by atoms with Gasteiger partial charge < -0.3 is 19.6 Å². The number of piperazine rings is 1. The molecule has 1 N–H and O–H groups in total. The number of carbonyl (C=O) groups is 2. The summed E-state index contributed by atoms with van der Waals surface area (Å²) in [6.07, 6.45) is 0.313. The third kappa shape index (κ3) is 3.69. The number of aldehydes is 1. The number of aromatic hydroxyl groups is 1. The van der Waals surface area contributed by atoms with E-state index in [1.165, 1.54) is 0 Å². The van der Waals surface area contributed by atoms with Crippen molar-refractivity contribution in [3.8, 4) is 5.75 Å². The smallest absolute Gasteiger partial charge is 0.410 e. The highest BCUT2D eigenvalue weighted by atomic mass is 16.6. The van der Waals surface area contributed by atoms with E-state index < -0.39 is 5.60 Å². The first kappa shape index (κ1) is 16.1. The van der Waals surface area contributed by atoms with Gasteiger partial charge in [0.25, 0.3) is 0 Å². The largest absolute Gasteiger partial charge is 0.505 e. The van der Waals surface area contributed by atoms with Crippen LogP contribution in [0, 0.1) is 0 Å². The zero-order valence-electron chi connectivity index (χ0n) is 13.2. The maximum Gasteiger partial charge on any atom is 0.410 e. The fraction of sp³-hybridized carbons (Fsp3) is 0.500. The van der Waals surface area contributed by atoms with Crippen LogP contribution < -0.4 is 4.90 Å². The monoisotopic (exact) mass is 306 g/mol. The van der Waals surface area contributed by atoms with Crippen LogP contribution in [-0.2, 0) is 4.74 Å². The van der Waals surface area contributed by atoms with Crippen LogP contribution in [0.25, 0.3) is 0 Å². The van der Waals surface area contributed by atoms with Crippen molar-refractivity contribution in [1.82, 2.24) is 4.90 Å². The Hall–Kier alpha value is -2.24. The van der Waals surface area contributed by atoms with Gasteiger partial charge in [-0.1, -0.05) is 6.07 Å². The van der Waals surface area contributed by atoms with Crippen molar-refractivity contribution in [2.45, 2.75) is 26.4 Å². The van der Waals surface area contributed by atoms with Crippen LogP contribution in [0.5, 0.6) is 5.75 Å². The maximum atomic E-state index is 12.0. The van der Waals surface area contributed by atoms with Gasteiger partial charge in [0.05, 0.1) is 11.3 Å². The van der Waals surface area contributed by atoms with Gasteiger partial charge in [-0.2, -0.15) is 0 Å². The molecule has 1 aromatic carbocycles. The number of hydrogen-bond donors (Lipinski definition) is 1. The van der Waals surface area contributed by atoms with Crippen LogP contribution in [0.4, 0.5) is 10.5 Å². The molecular weight excluding hydrogens is 284 g/mol. The zero-order valence-corrected chi connectivity index (χ0v) is 13.2. The predicted octanol–water partition coefficient (Wildman–Crippen LogP) is 2.26. The highest BCUT2D eigenvalue weighted by molar-refractivity contribution is 5.83. The highest BCUT2D eigenvalue weighted by Crippen LogP contribution is 2.30. The number of benzene rings is 1. The molecule has 1 aliphatic heterocycles. The van der Waals surface area contributed by atoms with Crippen LogP contribution in [0.2, 0.25) is 0 Å². The first-order chi connectivity index (χ1) is 10.3. The Labute approximate surface area is 130 Å². The first-order valence-electron chi connectivity index (χ1n) is 7.32. The molecule has 0 spiro atoms. The van der Waals surface area contributed by atoms with E-state index in [-0.39, 0.29) is 17.4 Å². The molecule has 2 rings (SSSR count). The molecule has 0 unspecified atom stereocenters. The molecular formula is C16H22N2O4. The zero-order chi connectivity index (χ0) is 16.3. The van der Waals surface area contributed by atoms with E-state index in [4.69, 9.17) is 4.74 Å². The molecule has 1 fully saturated rings. The number of hydrogen-bond acceptors (Lipinski definition) is 5. The predicted molar refractivity (Wildman–Crippen MR) is 83.5 cm³/mol. The Morgan fingerprint density at radius 3 is 2.41 bits per heavy atom. The van der Waals surface area contributed by atoms with Gasteiger partial charge >= 0.3 is 6.09 Å². The van der Waals surface area contributed by atoms with Crippen LogP contribution >= 0.6 is 0 Å². The molecule has 0 bridgehead atoms. The Balaban J connectivity index is 2.01. The number of anilines is 1. The second-order valence-corrected chi connectivity index (χ2v) is 6.29. The minimum Gasteiger partial charge on any atom is -0.505 e. The normalized spacial score (nSPS) is 15.6. The molecule has 0 saturated carbocycles. The molecule has 22 heavy (non-hydrogen) atoms. The highest BCUT2D eigenvalue weighted by Gasteiger charge is 2.26. The summed E-state index contributed by atoms with van der Waals surface area (Å²) < 4.78 is 5.35. The van der Waals surface area contributed by atoms with E-state index in [1.807, 2.05) is 25.7 Å². The van der Waals surface area contributed by atoms with E-state index in [1.54, 1.807) is 23.1 Å². The molecule has 0 atom stereocenters. The third-order valence-electron chi connectivity index (χ3n) is 3.44. The summed E-state index contributed by atoms with van der Waals surface area (Å²) in [4.78, 5) is 26.5. The van der Waals surface area contributed by atoms with Crippen LogP contribution in [0.15, 0.2) is 18.2 Å². The number of amides is 1. The summed E-state index contributed by atoms with van der Waals surface area (Å²) in [5.74, 6) is -0.0109. The quantitative estimate of drug-likeness (QED) is 0.849. The Bertz CT molecular complexity index is 558. The van der Waals surface area contributed by atoms with Gasteiger partial charge in [-0.25, -0.2) is 4.79 Å². The lowest BCUT2D eigenvalue weighted by Gasteiger charge is -2.37. The minimum absolute atomic E-state index is 0.0109. The Morgan fingerprint density at radius 1 is 1.23 bits per heavy atom. The van der Waals surface area contributed by atoms with Crippen molar-refractivity contribution in [3.05, 3.63) is 23.8 Å². The molecule has 0 aromatic heterocycles. The van der Waals surface area contributed by atoms with E-state index in [9.17, 15) is 14.7 Å². The van der Waals surface area contributed by atoms with Gasteiger partial charge in [-0.05, 0) is 32.9 Å². The third-order valence-corrected chi connectivity index (χ3v) is 3.44. The second kappa shape index (κ2) is 6.25. The summed E-state index contributed by atoms with van der Waals surface area (Å²) >= 11 is 0. The van der Waals surface area contributed by atoms with Gasteiger partial charge in [-0.15, -0.1) is 0 Å². The number of phenols is 1. The number of ether oxygens (including phenoxy) is 1. The molecule has 1 aromatic rings. The Kier molecular flexibility index (Phi) is 4.59. The van der Waals surface area contributed by atoms with Crippen molar-refractivity contribution >= 4 is 18.1 Å². The number of nitrogens with zero attached hydrogens (tertiary/aromatic N) is 2. The number of carbonyl (C=O) groups excluding carboxylic acids is 2. The van der Waals surface area contributed by atoms with E-state index in [0.717, 1.165) is 0 Å². The van der Waals surface area contributed by atoms with Crippen molar-refractivity contribution < 1.29 is 19.4 Å². The summed E-state index contributed by atoms with van der Waals surface area (Å²) in [6, 6.07) is 5.08. The standard InChI is InChI=1S/C16H22N2O4/c1-16(2,3)22-15(21)18-9-7-17(8-10-18)13-6-4-5-12(11-19)14(13)20/h4-6,11,20H,7-10H2,1-3H3. The molecule has 0 radical (unpaired) electrons.